The molecule has 4 atom stereocenters. The molecule has 0 radical (unpaired) electrons. The van der Waals surface area contributed by atoms with E-state index in [-0.39, 0.29) is 13.0 Å². The Kier molecular flexibility index (Phi) is 8.06. The van der Waals surface area contributed by atoms with Crippen LogP contribution in [0.1, 0.15) is 34.1 Å². The first-order chi connectivity index (χ1) is 11.7. The predicted molar refractivity (Wildman–Crippen MR) is 84.0 cm³/mol. The number of carbonyl (C=O) groups excluding carboxylic acids is 4. The smallest absolute Gasteiger partial charge is 0.303 e. The third-order valence-corrected chi connectivity index (χ3v) is 3.27. The molecule has 1 saturated heterocycles. The fourth-order valence-electron chi connectivity index (χ4n) is 2.30. The molecule has 0 saturated carbocycles. The molecule has 0 spiro atoms. The van der Waals surface area contributed by atoms with Crippen LogP contribution in [0.25, 0.3) is 0 Å². The highest BCUT2D eigenvalue weighted by Crippen LogP contribution is 2.25. The molecule has 1 aliphatic rings. The Hall–Kier alpha value is -2.42. The topological polar surface area (TPSA) is 117 Å². The number of hydrogen-bond acceptors (Lipinski definition) is 9. The minimum atomic E-state index is -0.921. The quantitative estimate of drug-likeness (QED) is 0.295. The molecule has 0 aromatic rings. The van der Waals surface area contributed by atoms with Gasteiger partial charge in [-0.25, -0.2) is 0 Å². The number of carbonyl (C=O) groups is 4. The Morgan fingerprint density at radius 1 is 1.08 bits per heavy atom. The second-order valence-electron chi connectivity index (χ2n) is 5.60. The number of aldehydes is 1. The van der Waals surface area contributed by atoms with E-state index in [9.17, 15) is 19.2 Å². The van der Waals surface area contributed by atoms with E-state index in [2.05, 4.69) is 5.32 Å². The molecule has 0 aromatic carbocycles. The predicted octanol–water partition coefficient (Wildman–Crippen LogP) is 0.220. The number of esters is 3. The summed E-state index contributed by atoms with van der Waals surface area (Å²) in [4.78, 5) is 44.5. The van der Waals surface area contributed by atoms with E-state index in [1.54, 1.807) is 6.92 Å². The Labute approximate surface area is 145 Å². The van der Waals surface area contributed by atoms with Gasteiger partial charge in [-0.1, -0.05) is 0 Å². The van der Waals surface area contributed by atoms with Crippen molar-refractivity contribution in [2.24, 2.45) is 0 Å². The summed E-state index contributed by atoms with van der Waals surface area (Å²) in [6.07, 6.45) is -0.890. The van der Waals surface area contributed by atoms with Gasteiger partial charge in [0.15, 0.2) is 6.10 Å². The number of allylic oxidation sites excluding steroid dienone is 1. The Bertz CT molecular complexity index is 544. The highest BCUT2D eigenvalue weighted by molar-refractivity contribution is 5.71. The van der Waals surface area contributed by atoms with E-state index >= 15 is 0 Å². The number of nitrogens with one attached hydrogen (secondary N) is 1. The normalized spacial score (nSPS) is 26.3. The van der Waals surface area contributed by atoms with Gasteiger partial charge in [0.25, 0.3) is 0 Å². The van der Waals surface area contributed by atoms with Crippen LogP contribution in [0.2, 0.25) is 0 Å². The van der Waals surface area contributed by atoms with E-state index in [0.29, 0.717) is 11.9 Å². The summed E-state index contributed by atoms with van der Waals surface area (Å²) in [5.74, 6) is -1.66. The molecule has 0 aliphatic carbocycles. The van der Waals surface area contributed by atoms with Gasteiger partial charge in [0.1, 0.15) is 31.3 Å². The van der Waals surface area contributed by atoms with Crippen LogP contribution in [0, 0.1) is 0 Å². The maximum absolute atomic E-state index is 11.4. The van der Waals surface area contributed by atoms with Crippen molar-refractivity contribution in [3.05, 3.63) is 11.8 Å². The highest BCUT2D eigenvalue weighted by atomic mass is 16.6. The summed E-state index contributed by atoms with van der Waals surface area (Å²) < 4.78 is 21.1. The first kappa shape index (κ1) is 20.6. The summed E-state index contributed by atoms with van der Waals surface area (Å²) in [6, 6.07) is 0. The molecular weight excluding hydrogens is 334 g/mol. The fourth-order valence-corrected chi connectivity index (χ4v) is 2.30. The molecular formula is C16H23NO8. The Morgan fingerprint density at radius 3 is 2.24 bits per heavy atom. The molecule has 9 heteroatoms. The largest absolute Gasteiger partial charge is 0.463 e. The minimum Gasteiger partial charge on any atom is -0.463 e. The summed E-state index contributed by atoms with van der Waals surface area (Å²) in [5.41, 5.74) is 0.436. The molecule has 140 valence electrons. The third-order valence-electron chi connectivity index (χ3n) is 3.27. The zero-order valence-electron chi connectivity index (χ0n) is 14.6. The summed E-state index contributed by atoms with van der Waals surface area (Å²) >= 11 is 0. The molecule has 1 heterocycles. The van der Waals surface area contributed by atoms with Crippen molar-refractivity contribution in [2.45, 2.75) is 58.7 Å². The van der Waals surface area contributed by atoms with Crippen molar-refractivity contribution in [3.8, 4) is 0 Å². The van der Waals surface area contributed by atoms with Gasteiger partial charge in [0.05, 0.1) is 0 Å². The SMILES string of the molecule is CC(=O)OCC1O[C@@H](N/C=C(/C)C=O)C[C@@H](OC(C)=O)[C@H]1OC(C)=O. The first-order valence-electron chi connectivity index (χ1n) is 7.74. The van der Waals surface area contributed by atoms with Crippen LogP contribution in [-0.4, -0.2) is 55.3 Å². The molecule has 1 fully saturated rings. The summed E-state index contributed by atoms with van der Waals surface area (Å²) in [5, 5.41) is 2.88. The number of ether oxygens (including phenoxy) is 4. The van der Waals surface area contributed by atoms with Gasteiger partial charge >= 0.3 is 17.9 Å². The minimum absolute atomic E-state index is 0.177. The lowest BCUT2D eigenvalue weighted by Crippen LogP contribution is -2.56. The second-order valence-corrected chi connectivity index (χ2v) is 5.60. The van der Waals surface area contributed by atoms with E-state index in [4.69, 9.17) is 18.9 Å². The van der Waals surface area contributed by atoms with Gasteiger partial charge in [-0.05, 0) is 6.92 Å². The van der Waals surface area contributed by atoms with Crippen LogP contribution >= 0.6 is 0 Å². The molecule has 1 rings (SSSR count). The zero-order valence-corrected chi connectivity index (χ0v) is 14.6. The number of rotatable bonds is 7. The summed E-state index contributed by atoms with van der Waals surface area (Å²) in [6.45, 7) is 5.11. The molecule has 0 aromatic heterocycles. The standard InChI is InChI=1S/C16H23NO8/c1-9(7-18)6-17-15-5-13(23-11(3)20)16(24-12(4)21)14(25-15)8-22-10(2)19/h6-7,13-17H,5,8H2,1-4H3/b9-6-/t13-,14?,15-,16-/m1/s1. The van der Waals surface area contributed by atoms with E-state index in [1.807, 2.05) is 0 Å². The van der Waals surface area contributed by atoms with Crippen molar-refractivity contribution >= 4 is 24.2 Å². The molecule has 1 aliphatic heterocycles. The third kappa shape index (κ3) is 7.34. The van der Waals surface area contributed by atoms with Crippen LogP contribution in [0.15, 0.2) is 11.8 Å². The van der Waals surface area contributed by atoms with Crippen LogP contribution in [0.3, 0.4) is 0 Å². The zero-order chi connectivity index (χ0) is 19.0. The van der Waals surface area contributed by atoms with Gasteiger partial charge in [0, 0.05) is 39.0 Å². The number of hydrogen-bond donors (Lipinski definition) is 1. The molecule has 1 N–H and O–H groups in total. The van der Waals surface area contributed by atoms with E-state index in [0.717, 1.165) is 0 Å². The van der Waals surface area contributed by atoms with E-state index in [1.165, 1.54) is 27.0 Å². The van der Waals surface area contributed by atoms with Crippen molar-refractivity contribution in [2.75, 3.05) is 6.61 Å². The average molecular weight is 357 g/mol. The lowest BCUT2D eigenvalue weighted by Gasteiger charge is -2.40. The Morgan fingerprint density at radius 2 is 1.72 bits per heavy atom. The monoisotopic (exact) mass is 357 g/mol. The maximum Gasteiger partial charge on any atom is 0.303 e. The average Bonchev–Trinajstić information content (AvgIpc) is 2.51. The maximum atomic E-state index is 11.4. The molecule has 0 bridgehead atoms. The lowest BCUT2D eigenvalue weighted by atomic mass is 10.00. The second kappa shape index (κ2) is 9.77. The lowest BCUT2D eigenvalue weighted by molar-refractivity contribution is -0.217. The van der Waals surface area contributed by atoms with Crippen molar-refractivity contribution in [1.82, 2.24) is 5.32 Å². The van der Waals surface area contributed by atoms with Gasteiger partial charge < -0.3 is 24.3 Å². The summed E-state index contributed by atoms with van der Waals surface area (Å²) in [7, 11) is 0. The van der Waals surface area contributed by atoms with Gasteiger partial charge in [0.2, 0.25) is 0 Å². The van der Waals surface area contributed by atoms with Gasteiger partial charge in [-0.15, -0.1) is 0 Å². The van der Waals surface area contributed by atoms with Crippen LogP contribution in [-0.2, 0) is 38.1 Å². The molecule has 25 heavy (non-hydrogen) atoms. The van der Waals surface area contributed by atoms with Crippen LogP contribution in [0.4, 0.5) is 0 Å². The fraction of sp³-hybridized carbons (Fsp3) is 0.625. The van der Waals surface area contributed by atoms with E-state index < -0.39 is 42.4 Å². The van der Waals surface area contributed by atoms with Crippen molar-refractivity contribution in [1.29, 1.82) is 0 Å². The highest BCUT2D eigenvalue weighted by Gasteiger charge is 2.43. The van der Waals surface area contributed by atoms with Crippen LogP contribution in [0.5, 0.6) is 0 Å². The van der Waals surface area contributed by atoms with Crippen LogP contribution < -0.4 is 5.32 Å². The van der Waals surface area contributed by atoms with Crippen molar-refractivity contribution < 1.29 is 38.1 Å². The van der Waals surface area contributed by atoms with Gasteiger partial charge in [-0.2, -0.15) is 0 Å². The first-order valence-corrected chi connectivity index (χ1v) is 7.74. The van der Waals surface area contributed by atoms with Gasteiger partial charge in [-0.3, -0.25) is 19.2 Å². The van der Waals surface area contributed by atoms with Crippen molar-refractivity contribution in [3.63, 3.8) is 0 Å². The Balaban J connectivity index is 2.97. The molecule has 0 amide bonds. The molecule has 1 unspecified atom stereocenters. The molecule has 9 nitrogen and oxygen atoms in total.